The van der Waals surface area contributed by atoms with Crippen molar-refractivity contribution in [1.29, 1.82) is 0 Å². The minimum absolute atomic E-state index is 0.0558. The van der Waals surface area contributed by atoms with E-state index in [1.807, 2.05) is 65.1 Å². The van der Waals surface area contributed by atoms with Crippen LogP contribution in [0, 0.1) is 23.7 Å². The maximum absolute atomic E-state index is 14.2. The first-order valence-corrected chi connectivity index (χ1v) is 20.7. The summed E-state index contributed by atoms with van der Waals surface area (Å²) in [6, 6.07) is 8.65. The molecule has 2 N–H and O–H groups in total. The van der Waals surface area contributed by atoms with E-state index in [2.05, 4.69) is 10.2 Å². The highest BCUT2D eigenvalue weighted by atomic mass is 32.1. The Kier molecular flexibility index (Phi) is 18.4. The van der Waals surface area contributed by atoms with Crippen LogP contribution in [-0.4, -0.2) is 101 Å². The highest BCUT2D eigenvalue weighted by Gasteiger charge is 2.37. The molecule has 13 heteroatoms. The van der Waals surface area contributed by atoms with Crippen molar-refractivity contribution in [1.82, 2.24) is 20.1 Å². The zero-order valence-electron chi connectivity index (χ0n) is 34.3. The number of hydrogen-bond donors (Lipinski definition) is 2. The topological polar surface area (TPSA) is 155 Å². The molecule has 1 aromatic carbocycles. The molecule has 3 rings (SSSR count). The van der Waals surface area contributed by atoms with Crippen molar-refractivity contribution in [2.24, 2.45) is 23.7 Å². The van der Waals surface area contributed by atoms with E-state index < -0.39 is 41.9 Å². The Morgan fingerprint density at radius 3 is 2.31 bits per heavy atom. The summed E-state index contributed by atoms with van der Waals surface area (Å²) in [7, 11) is 3.71. The van der Waals surface area contributed by atoms with Gasteiger partial charge in [0, 0.05) is 62.7 Å². The van der Waals surface area contributed by atoms with Crippen LogP contribution in [0.1, 0.15) is 119 Å². The number of nitrogens with zero attached hydrogens (tertiary/aromatic N) is 3. The van der Waals surface area contributed by atoms with E-state index in [9.17, 15) is 29.1 Å². The van der Waals surface area contributed by atoms with Crippen LogP contribution in [0.25, 0.3) is 0 Å². The summed E-state index contributed by atoms with van der Waals surface area (Å²) in [5.74, 6) is -2.51. The quantitative estimate of drug-likeness (QED) is 0.149. The number of aliphatic hydroxyl groups is 1. The zero-order valence-corrected chi connectivity index (χ0v) is 35.2. The number of aromatic nitrogens is 1. The summed E-state index contributed by atoms with van der Waals surface area (Å²) in [5, 5.41) is 13.4. The normalized spacial score (nSPS) is 17.6. The standard InChI is InChI=1S/C42H64N4O8S/c1-10-53-42(52)28(6)22-31(23-30-16-12-11-13-17-30)43-39(50)38-37(19-21-47)55-40(44-38)36(54-29(7)48)25-34(27(4)5)46(9)41(51)32(26(2)3)24-35(49)33-18-14-15-20-45(33)8/h11-13,16-17,26-28,31-34,36,47H,10,14-15,18-25H2,1-9H3,(H,43,50)/t28-,31+,32-,33+,34+,36+/m0/s1. The third-order valence-electron chi connectivity index (χ3n) is 10.6. The number of benzene rings is 1. The second kappa shape index (κ2) is 22.2. The number of likely N-dealkylation sites (tertiary alicyclic amines) is 1. The predicted octanol–water partition coefficient (Wildman–Crippen LogP) is 5.80. The molecule has 6 atom stereocenters. The average Bonchev–Trinajstić information content (AvgIpc) is 3.56. The Balaban J connectivity index is 1.90. The van der Waals surface area contributed by atoms with Gasteiger partial charge in [0.15, 0.2) is 11.9 Å². The Hall–Kier alpha value is -3.68. The average molecular weight is 785 g/mol. The molecule has 12 nitrogen and oxygen atoms in total. The minimum atomic E-state index is -0.886. The molecule has 2 aromatic rings. The number of Topliss-reactive ketones (excluding diaryl/α,β-unsaturated/α-hetero) is 1. The van der Waals surface area contributed by atoms with Crippen molar-refractivity contribution in [3.05, 3.63) is 51.5 Å². The van der Waals surface area contributed by atoms with Crippen molar-refractivity contribution < 1.29 is 38.6 Å². The van der Waals surface area contributed by atoms with Gasteiger partial charge in [0.25, 0.3) is 5.91 Å². The second-order valence-corrected chi connectivity index (χ2v) is 16.8. The van der Waals surface area contributed by atoms with E-state index in [1.54, 1.807) is 25.8 Å². The Morgan fingerprint density at radius 2 is 1.73 bits per heavy atom. The fourth-order valence-electron chi connectivity index (χ4n) is 7.47. The van der Waals surface area contributed by atoms with Gasteiger partial charge in [0.05, 0.1) is 18.6 Å². The number of carbonyl (C=O) groups excluding carboxylic acids is 5. The molecule has 0 radical (unpaired) electrons. The first-order chi connectivity index (χ1) is 26.1. The summed E-state index contributed by atoms with van der Waals surface area (Å²) >= 11 is 1.19. The lowest BCUT2D eigenvalue weighted by atomic mass is 9.84. The van der Waals surface area contributed by atoms with E-state index in [0.29, 0.717) is 22.7 Å². The third-order valence-corrected chi connectivity index (χ3v) is 11.8. The number of nitrogens with one attached hydrogen (secondary N) is 1. The Bertz CT molecular complexity index is 1560. The monoisotopic (exact) mass is 784 g/mol. The molecule has 1 aliphatic heterocycles. The first-order valence-electron chi connectivity index (χ1n) is 19.9. The van der Waals surface area contributed by atoms with Crippen LogP contribution >= 0.6 is 11.3 Å². The van der Waals surface area contributed by atoms with Gasteiger partial charge < -0.3 is 24.8 Å². The van der Waals surface area contributed by atoms with Gasteiger partial charge >= 0.3 is 11.9 Å². The number of amides is 2. The maximum atomic E-state index is 14.2. The van der Waals surface area contributed by atoms with E-state index in [1.165, 1.54) is 18.3 Å². The summed E-state index contributed by atoms with van der Waals surface area (Å²) in [6.07, 6.45) is 3.30. The van der Waals surface area contributed by atoms with Crippen LogP contribution in [-0.2, 0) is 41.5 Å². The Morgan fingerprint density at radius 1 is 1.04 bits per heavy atom. The number of hydrogen-bond acceptors (Lipinski definition) is 11. The molecular weight excluding hydrogens is 721 g/mol. The fourth-order valence-corrected chi connectivity index (χ4v) is 8.57. The maximum Gasteiger partial charge on any atom is 0.308 e. The molecule has 0 spiro atoms. The van der Waals surface area contributed by atoms with Crippen LogP contribution in [0.5, 0.6) is 0 Å². The lowest BCUT2D eigenvalue weighted by Gasteiger charge is -2.37. The largest absolute Gasteiger partial charge is 0.466 e. The number of ether oxygens (including phenoxy) is 2. The molecule has 2 amide bonds. The van der Waals surface area contributed by atoms with Crippen LogP contribution < -0.4 is 5.32 Å². The summed E-state index contributed by atoms with van der Waals surface area (Å²) < 4.78 is 11.1. The summed E-state index contributed by atoms with van der Waals surface area (Å²) in [4.78, 5) is 75.9. The molecule has 2 heterocycles. The molecule has 0 bridgehead atoms. The molecule has 1 saturated heterocycles. The molecule has 0 saturated carbocycles. The fraction of sp³-hybridized carbons (Fsp3) is 0.667. The number of ketones is 1. The van der Waals surface area contributed by atoms with E-state index >= 15 is 0 Å². The minimum Gasteiger partial charge on any atom is -0.466 e. The van der Waals surface area contributed by atoms with Gasteiger partial charge in [0.2, 0.25) is 5.91 Å². The number of likely N-dealkylation sites (N-methyl/N-ethyl adjacent to an activating group) is 1. The second-order valence-electron chi connectivity index (χ2n) is 15.7. The lowest BCUT2D eigenvalue weighted by molar-refractivity contribution is -0.150. The molecule has 306 valence electrons. The molecule has 55 heavy (non-hydrogen) atoms. The number of piperidine rings is 1. The third kappa shape index (κ3) is 13.5. The summed E-state index contributed by atoms with van der Waals surface area (Å²) in [5.41, 5.74) is 1.10. The number of thiazole rings is 1. The molecule has 1 aliphatic rings. The van der Waals surface area contributed by atoms with Crippen molar-refractivity contribution >= 4 is 40.9 Å². The molecule has 0 unspecified atom stereocenters. The van der Waals surface area contributed by atoms with Gasteiger partial charge in [-0.25, -0.2) is 4.98 Å². The summed E-state index contributed by atoms with van der Waals surface area (Å²) in [6.45, 7) is 13.6. The smallest absolute Gasteiger partial charge is 0.308 e. The van der Waals surface area contributed by atoms with Gasteiger partial charge in [-0.3, -0.25) is 28.9 Å². The van der Waals surface area contributed by atoms with E-state index in [4.69, 9.17) is 14.5 Å². The molecular formula is C42H64N4O8S. The molecule has 1 fully saturated rings. The van der Waals surface area contributed by atoms with Crippen LogP contribution in [0.15, 0.2) is 30.3 Å². The number of rotatable bonds is 21. The highest BCUT2D eigenvalue weighted by molar-refractivity contribution is 7.12. The van der Waals surface area contributed by atoms with E-state index in [0.717, 1.165) is 31.4 Å². The van der Waals surface area contributed by atoms with Gasteiger partial charge in [-0.1, -0.05) is 71.4 Å². The number of aliphatic hydroxyl groups excluding tert-OH is 1. The van der Waals surface area contributed by atoms with Crippen molar-refractivity contribution in [3.63, 3.8) is 0 Å². The first kappa shape index (κ1) is 45.7. The van der Waals surface area contributed by atoms with Crippen LogP contribution in [0.2, 0.25) is 0 Å². The van der Waals surface area contributed by atoms with Crippen molar-refractivity contribution in [2.45, 2.75) is 124 Å². The van der Waals surface area contributed by atoms with Crippen LogP contribution in [0.4, 0.5) is 0 Å². The number of esters is 2. The van der Waals surface area contributed by atoms with Gasteiger partial charge in [-0.05, 0) is 63.6 Å². The van der Waals surface area contributed by atoms with E-state index in [-0.39, 0.29) is 73.7 Å². The SMILES string of the molecule is CCOC(=O)[C@@H](C)C[C@H](Cc1ccccc1)NC(=O)c1nc([C@@H](C[C@H](C(C)C)N(C)C(=O)[C@@H](CC(=O)[C@H]2CCCCN2C)C(C)C)OC(C)=O)sc1CCO. The molecule has 0 aliphatic carbocycles. The molecule has 1 aromatic heterocycles. The number of carbonyl (C=O) groups is 5. The lowest BCUT2D eigenvalue weighted by Crippen LogP contribution is -2.48. The predicted molar refractivity (Wildman–Crippen MR) is 213 cm³/mol. The van der Waals surface area contributed by atoms with Gasteiger partial charge in [-0.2, -0.15) is 0 Å². The Labute approximate surface area is 331 Å². The van der Waals surface area contributed by atoms with Gasteiger partial charge in [0.1, 0.15) is 10.7 Å². The van der Waals surface area contributed by atoms with Gasteiger partial charge in [-0.15, -0.1) is 11.3 Å². The van der Waals surface area contributed by atoms with Crippen molar-refractivity contribution in [3.8, 4) is 0 Å². The highest BCUT2D eigenvalue weighted by Crippen LogP contribution is 2.34. The van der Waals surface area contributed by atoms with Crippen LogP contribution in [0.3, 0.4) is 0 Å². The zero-order chi connectivity index (χ0) is 40.8. The van der Waals surface area contributed by atoms with Crippen molar-refractivity contribution in [2.75, 3.05) is 33.9 Å².